The minimum Gasteiger partial charge on any atom is -0.368 e. The molecule has 1 atom stereocenters. The molecule has 7 heteroatoms. The summed E-state index contributed by atoms with van der Waals surface area (Å²) in [6.07, 6.45) is 3.22. The number of rotatable bonds is 4. The Hall–Kier alpha value is -2.18. The van der Waals surface area contributed by atoms with E-state index in [1.807, 2.05) is 0 Å². The zero-order chi connectivity index (χ0) is 17.0. The largest absolute Gasteiger partial charge is 0.368 e. The first-order chi connectivity index (χ1) is 10.9. The number of likely N-dealkylation sites (tertiary alicyclic amines) is 1. The molecule has 3 N–H and O–H groups in total. The van der Waals surface area contributed by atoms with Crippen LogP contribution in [0.2, 0.25) is 0 Å². The van der Waals surface area contributed by atoms with Gasteiger partial charge >= 0.3 is 0 Å². The van der Waals surface area contributed by atoms with Gasteiger partial charge in [-0.2, -0.15) is 0 Å². The molecule has 2 amide bonds. The Morgan fingerprint density at radius 2 is 2.13 bits per heavy atom. The van der Waals surface area contributed by atoms with Crippen molar-refractivity contribution in [3.63, 3.8) is 0 Å². The van der Waals surface area contributed by atoms with Crippen LogP contribution in [0.1, 0.15) is 49.3 Å². The summed E-state index contributed by atoms with van der Waals surface area (Å²) in [5.74, 6) is 0.112. The Kier molecular flexibility index (Phi) is 5.52. The van der Waals surface area contributed by atoms with Gasteiger partial charge in [0.25, 0.3) is 5.91 Å². The second-order valence-corrected chi connectivity index (χ2v) is 6.33. The average molecular weight is 319 g/mol. The lowest BCUT2D eigenvalue weighted by Crippen LogP contribution is -2.51. The molecule has 1 aromatic heterocycles. The summed E-state index contributed by atoms with van der Waals surface area (Å²) in [5, 5.41) is 2.63. The third-order valence-electron chi connectivity index (χ3n) is 3.95. The molecule has 126 valence electrons. The molecular weight excluding hydrogens is 294 g/mol. The standard InChI is InChI=1S/C16H25N5O2/c1-10(2)8-11-9-12(20-16(17)19-11)15(23)21-7-5-4-6-13(21)14(22)18-3/h9-10,13H,4-8H2,1-3H3,(H,18,22)(H2,17,19,20)/t13-/m1/s1. The fourth-order valence-electron chi connectivity index (χ4n) is 2.91. The number of nitrogens with zero attached hydrogens (tertiary/aromatic N) is 3. The Morgan fingerprint density at radius 3 is 2.78 bits per heavy atom. The summed E-state index contributed by atoms with van der Waals surface area (Å²) in [7, 11) is 1.59. The Morgan fingerprint density at radius 1 is 1.39 bits per heavy atom. The van der Waals surface area contributed by atoms with E-state index in [0.717, 1.165) is 25.0 Å². The minimum atomic E-state index is -0.439. The number of likely N-dealkylation sites (N-methyl/N-ethyl adjacent to an activating group) is 1. The van der Waals surface area contributed by atoms with Crippen molar-refractivity contribution in [2.75, 3.05) is 19.3 Å². The van der Waals surface area contributed by atoms with Crippen LogP contribution < -0.4 is 11.1 Å². The molecule has 1 aliphatic heterocycles. The summed E-state index contributed by atoms with van der Waals surface area (Å²) in [4.78, 5) is 34.7. The number of aromatic nitrogens is 2. The van der Waals surface area contributed by atoms with Gasteiger partial charge in [0, 0.05) is 19.3 Å². The molecule has 0 aliphatic carbocycles. The van der Waals surface area contributed by atoms with Crippen LogP contribution in [0.3, 0.4) is 0 Å². The van der Waals surface area contributed by atoms with Gasteiger partial charge in [0.15, 0.2) is 0 Å². The molecule has 1 aliphatic rings. The van der Waals surface area contributed by atoms with Gasteiger partial charge in [0.05, 0.1) is 0 Å². The van der Waals surface area contributed by atoms with Gasteiger partial charge in [-0.1, -0.05) is 13.8 Å². The van der Waals surface area contributed by atoms with E-state index < -0.39 is 6.04 Å². The highest BCUT2D eigenvalue weighted by Gasteiger charge is 2.32. The van der Waals surface area contributed by atoms with Crippen LogP contribution in [0.4, 0.5) is 5.95 Å². The molecule has 23 heavy (non-hydrogen) atoms. The smallest absolute Gasteiger partial charge is 0.273 e. The van der Waals surface area contributed by atoms with Gasteiger partial charge in [-0.3, -0.25) is 9.59 Å². The van der Waals surface area contributed by atoms with E-state index in [0.29, 0.717) is 18.9 Å². The molecule has 0 unspecified atom stereocenters. The van der Waals surface area contributed by atoms with Gasteiger partial charge in [-0.15, -0.1) is 0 Å². The third-order valence-corrected chi connectivity index (χ3v) is 3.95. The lowest BCUT2D eigenvalue weighted by molar-refractivity contribution is -0.126. The normalized spacial score (nSPS) is 18.1. The monoisotopic (exact) mass is 319 g/mol. The maximum Gasteiger partial charge on any atom is 0.273 e. The van der Waals surface area contributed by atoms with Gasteiger partial charge in [0.1, 0.15) is 11.7 Å². The van der Waals surface area contributed by atoms with Gasteiger partial charge < -0.3 is 16.0 Å². The molecule has 1 aromatic rings. The number of carbonyl (C=O) groups excluding carboxylic acids is 2. The van der Waals surface area contributed by atoms with Crippen LogP contribution in [0.15, 0.2) is 6.07 Å². The van der Waals surface area contributed by atoms with Crippen LogP contribution in [0.25, 0.3) is 0 Å². The lowest BCUT2D eigenvalue weighted by atomic mass is 10.0. The second-order valence-electron chi connectivity index (χ2n) is 6.33. The van der Waals surface area contributed by atoms with Gasteiger partial charge in [0.2, 0.25) is 11.9 Å². The molecule has 0 bridgehead atoms. The zero-order valence-corrected chi connectivity index (χ0v) is 14.0. The van der Waals surface area contributed by atoms with Crippen molar-refractivity contribution in [1.82, 2.24) is 20.2 Å². The van der Waals surface area contributed by atoms with Crippen molar-refractivity contribution < 1.29 is 9.59 Å². The van der Waals surface area contributed by atoms with E-state index in [4.69, 9.17) is 5.73 Å². The fraction of sp³-hybridized carbons (Fsp3) is 0.625. The third kappa shape index (κ3) is 4.18. The zero-order valence-electron chi connectivity index (χ0n) is 14.0. The molecule has 0 spiro atoms. The molecule has 0 radical (unpaired) electrons. The SMILES string of the molecule is CNC(=O)[C@H]1CCCCN1C(=O)c1cc(CC(C)C)nc(N)n1. The number of carbonyl (C=O) groups is 2. The number of amides is 2. The quantitative estimate of drug-likeness (QED) is 0.862. The van der Waals surface area contributed by atoms with E-state index in [2.05, 4.69) is 29.1 Å². The summed E-state index contributed by atoms with van der Waals surface area (Å²) >= 11 is 0. The van der Waals surface area contributed by atoms with Crippen LogP contribution in [0, 0.1) is 5.92 Å². The number of hydrogen-bond donors (Lipinski definition) is 2. The second kappa shape index (κ2) is 7.39. The number of nitrogens with two attached hydrogens (primary N) is 1. The van der Waals surface area contributed by atoms with Crippen LogP contribution >= 0.6 is 0 Å². The Bertz CT molecular complexity index is 588. The molecule has 1 saturated heterocycles. The van der Waals surface area contributed by atoms with Crippen molar-refractivity contribution >= 4 is 17.8 Å². The first kappa shape index (κ1) is 17.2. The lowest BCUT2D eigenvalue weighted by Gasteiger charge is -2.34. The topological polar surface area (TPSA) is 101 Å². The van der Waals surface area contributed by atoms with E-state index in [-0.39, 0.29) is 23.5 Å². The molecule has 0 saturated carbocycles. The first-order valence-electron chi connectivity index (χ1n) is 8.08. The van der Waals surface area contributed by atoms with Crippen LogP contribution in [0.5, 0.6) is 0 Å². The molecule has 7 nitrogen and oxygen atoms in total. The van der Waals surface area contributed by atoms with Crippen molar-refractivity contribution in [1.29, 1.82) is 0 Å². The number of piperidine rings is 1. The van der Waals surface area contributed by atoms with Gasteiger partial charge in [-0.25, -0.2) is 9.97 Å². The van der Waals surface area contributed by atoms with Crippen molar-refractivity contribution in [2.45, 2.75) is 45.6 Å². The highest BCUT2D eigenvalue weighted by atomic mass is 16.2. The molecule has 1 fully saturated rings. The van der Waals surface area contributed by atoms with E-state index in [1.165, 1.54) is 0 Å². The maximum atomic E-state index is 12.8. The molecule has 0 aromatic carbocycles. The van der Waals surface area contributed by atoms with E-state index in [1.54, 1.807) is 18.0 Å². The molecule has 2 heterocycles. The summed E-state index contributed by atoms with van der Waals surface area (Å²) in [5.41, 5.74) is 6.77. The Balaban J connectivity index is 2.27. The van der Waals surface area contributed by atoms with Crippen molar-refractivity contribution in [3.05, 3.63) is 17.5 Å². The average Bonchev–Trinajstić information content (AvgIpc) is 2.52. The number of nitrogen functional groups attached to an aromatic ring is 1. The molecule has 2 rings (SSSR count). The minimum absolute atomic E-state index is 0.0972. The fourth-order valence-corrected chi connectivity index (χ4v) is 2.91. The van der Waals surface area contributed by atoms with Crippen LogP contribution in [-0.2, 0) is 11.2 Å². The predicted octanol–water partition coefficient (Wildman–Crippen LogP) is 0.998. The van der Waals surface area contributed by atoms with Crippen LogP contribution in [-0.4, -0.2) is 46.3 Å². The highest BCUT2D eigenvalue weighted by Crippen LogP contribution is 2.20. The number of hydrogen-bond acceptors (Lipinski definition) is 5. The first-order valence-corrected chi connectivity index (χ1v) is 8.08. The summed E-state index contributed by atoms with van der Waals surface area (Å²) in [6, 6.07) is 1.25. The number of nitrogens with one attached hydrogen (secondary N) is 1. The molecular formula is C16H25N5O2. The van der Waals surface area contributed by atoms with Gasteiger partial charge in [-0.05, 0) is 37.7 Å². The Labute approximate surface area is 136 Å². The van der Waals surface area contributed by atoms with E-state index in [9.17, 15) is 9.59 Å². The van der Waals surface area contributed by atoms with E-state index >= 15 is 0 Å². The number of anilines is 1. The maximum absolute atomic E-state index is 12.8. The summed E-state index contributed by atoms with van der Waals surface area (Å²) in [6.45, 7) is 4.71. The summed E-state index contributed by atoms with van der Waals surface area (Å²) < 4.78 is 0. The highest BCUT2D eigenvalue weighted by molar-refractivity contribution is 5.96. The van der Waals surface area contributed by atoms with Crippen molar-refractivity contribution in [3.8, 4) is 0 Å². The predicted molar refractivity (Wildman–Crippen MR) is 87.7 cm³/mol. The van der Waals surface area contributed by atoms with Crippen molar-refractivity contribution in [2.24, 2.45) is 5.92 Å².